The van der Waals surface area contributed by atoms with Crippen LogP contribution in [0.5, 0.6) is 0 Å². The highest BCUT2D eigenvalue weighted by molar-refractivity contribution is 8.00. The molecule has 2 aliphatic rings. The normalized spacial score (nSPS) is 18.8. The highest BCUT2D eigenvalue weighted by Crippen LogP contribution is 2.39. The highest BCUT2D eigenvalue weighted by Gasteiger charge is 2.33. The second kappa shape index (κ2) is 8.67. The number of benzene rings is 1. The quantitative estimate of drug-likeness (QED) is 0.592. The molecule has 5 heteroatoms. The summed E-state index contributed by atoms with van der Waals surface area (Å²) in [6, 6.07) is 12.5. The SMILES string of the molecule is CCC(Sc1nc2c(cc1C#N)CC(C(C)(C)C)CC2)C(=O)N1CCc2ccccc21. The van der Waals surface area contributed by atoms with E-state index in [-0.39, 0.29) is 16.6 Å². The molecule has 0 saturated carbocycles. The maximum Gasteiger partial charge on any atom is 0.240 e. The number of amides is 1. The molecule has 31 heavy (non-hydrogen) atoms. The van der Waals surface area contributed by atoms with Gasteiger partial charge in [-0.25, -0.2) is 4.98 Å². The fourth-order valence-electron chi connectivity index (χ4n) is 4.74. The Bertz CT molecular complexity index is 1030. The molecule has 0 spiro atoms. The molecule has 4 rings (SSSR count). The molecule has 2 atom stereocenters. The zero-order valence-corrected chi connectivity index (χ0v) is 19.8. The van der Waals surface area contributed by atoms with Crippen LogP contribution in [0.3, 0.4) is 0 Å². The largest absolute Gasteiger partial charge is 0.311 e. The van der Waals surface area contributed by atoms with Crippen LogP contribution in [0.4, 0.5) is 5.69 Å². The molecule has 1 amide bonds. The minimum Gasteiger partial charge on any atom is -0.311 e. The molecule has 1 aromatic heterocycles. The van der Waals surface area contributed by atoms with Crippen molar-refractivity contribution in [2.75, 3.05) is 11.4 Å². The summed E-state index contributed by atoms with van der Waals surface area (Å²) in [5.74, 6) is 0.723. The summed E-state index contributed by atoms with van der Waals surface area (Å²) in [6.45, 7) is 9.64. The second-order valence-electron chi connectivity index (χ2n) is 9.75. The number of nitrogens with zero attached hydrogens (tertiary/aromatic N) is 3. The molecule has 1 aromatic carbocycles. The van der Waals surface area contributed by atoms with Gasteiger partial charge in [-0.2, -0.15) is 5.26 Å². The van der Waals surface area contributed by atoms with Crippen LogP contribution in [0.2, 0.25) is 0 Å². The maximum absolute atomic E-state index is 13.4. The van der Waals surface area contributed by atoms with E-state index in [0.29, 0.717) is 22.9 Å². The summed E-state index contributed by atoms with van der Waals surface area (Å²) in [6.07, 6.45) is 4.66. The molecule has 162 valence electrons. The van der Waals surface area contributed by atoms with Gasteiger partial charge in [-0.15, -0.1) is 0 Å². The predicted octanol–water partition coefficient (Wildman–Crippen LogP) is 5.56. The Labute approximate surface area is 190 Å². The van der Waals surface area contributed by atoms with E-state index in [4.69, 9.17) is 4.98 Å². The molecule has 4 nitrogen and oxygen atoms in total. The van der Waals surface area contributed by atoms with E-state index in [0.717, 1.165) is 43.6 Å². The van der Waals surface area contributed by atoms with Gasteiger partial charge in [0.15, 0.2) is 0 Å². The third-order valence-electron chi connectivity index (χ3n) is 6.75. The minimum absolute atomic E-state index is 0.119. The number of fused-ring (bicyclic) bond motifs is 2. The van der Waals surface area contributed by atoms with Gasteiger partial charge in [-0.1, -0.05) is 57.7 Å². The summed E-state index contributed by atoms with van der Waals surface area (Å²) in [5.41, 5.74) is 5.43. The molecular weight excluding hydrogens is 402 g/mol. The van der Waals surface area contributed by atoms with Gasteiger partial charge in [-0.3, -0.25) is 4.79 Å². The van der Waals surface area contributed by atoms with Gasteiger partial charge >= 0.3 is 0 Å². The Balaban J connectivity index is 1.57. The number of para-hydroxylation sites is 1. The molecule has 0 radical (unpaired) electrons. The molecule has 0 N–H and O–H groups in total. The molecule has 2 unspecified atom stereocenters. The van der Waals surface area contributed by atoms with Crippen molar-refractivity contribution in [3.63, 3.8) is 0 Å². The lowest BCUT2D eigenvalue weighted by molar-refractivity contribution is -0.118. The number of nitriles is 1. The Morgan fingerprint density at radius 1 is 1.29 bits per heavy atom. The van der Waals surface area contributed by atoms with Crippen LogP contribution in [-0.2, 0) is 24.1 Å². The van der Waals surface area contributed by atoms with Crippen molar-refractivity contribution in [1.82, 2.24) is 4.98 Å². The third-order valence-corrected chi connectivity index (χ3v) is 8.10. The minimum atomic E-state index is -0.241. The molecule has 1 aliphatic carbocycles. The van der Waals surface area contributed by atoms with Gasteiger partial charge < -0.3 is 4.90 Å². The zero-order chi connectivity index (χ0) is 22.2. The number of rotatable bonds is 4. The number of aromatic nitrogens is 1. The lowest BCUT2D eigenvalue weighted by atomic mass is 9.71. The van der Waals surface area contributed by atoms with Gasteiger partial charge in [0.1, 0.15) is 11.1 Å². The fraction of sp³-hybridized carbons (Fsp3) is 0.500. The van der Waals surface area contributed by atoms with Crippen LogP contribution in [-0.4, -0.2) is 22.7 Å². The number of hydrogen-bond acceptors (Lipinski definition) is 4. The van der Waals surface area contributed by atoms with Crippen LogP contribution in [0.25, 0.3) is 0 Å². The first-order valence-corrected chi connectivity index (χ1v) is 12.2. The molecule has 1 aliphatic heterocycles. The number of thioether (sulfide) groups is 1. The van der Waals surface area contributed by atoms with Crippen molar-refractivity contribution < 1.29 is 4.79 Å². The maximum atomic E-state index is 13.4. The average molecular weight is 434 g/mol. The second-order valence-corrected chi connectivity index (χ2v) is 10.9. The van der Waals surface area contributed by atoms with E-state index in [1.165, 1.54) is 22.9 Å². The summed E-state index contributed by atoms with van der Waals surface area (Å²) in [4.78, 5) is 20.2. The Kier molecular flexibility index (Phi) is 6.12. The Hall–Kier alpha value is -2.32. The van der Waals surface area contributed by atoms with Crippen LogP contribution in [0, 0.1) is 22.7 Å². The van der Waals surface area contributed by atoms with Crippen molar-refractivity contribution in [2.45, 2.75) is 70.1 Å². The zero-order valence-electron chi connectivity index (χ0n) is 18.9. The van der Waals surface area contributed by atoms with Crippen molar-refractivity contribution in [2.24, 2.45) is 11.3 Å². The number of hydrogen-bond donors (Lipinski definition) is 0. The Morgan fingerprint density at radius 3 is 2.77 bits per heavy atom. The van der Waals surface area contributed by atoms with E-state index in [2.05, 4.69) is 32.9 Å². The fourth-order valence-corrected chi connectivity index (χ4v) is 5.80. The number of pyridine rings is 1. The standard InChI is InChI=1S/C26H31N3OS/c1-5-23(25(30)29-13-12-17-8-6-7-9-22(17)29)31-24-19(16-27)14-18-15-20(26(2,3)4)10-11-21(18)28-24/h6-9,14,20,23H,5,10-13,15H2,1-4H3. The number of carbonyl (C=O) groups excluding carboxylic acids is 1. The first-order valence-electron chi connectivity index (χ1n) is 11.3. The topological polar surface area (TPSA) is 57.0 Å². The lowest BCUT2D eigenvalue weighted by Gasteiger charge is -2.34. The smallest absolute Gasteiger partial charge is 0.240 e. The van der Waals surface area contributed by atoms with Crippen LogP contribution >= 0.6 is 11.8 Å². The van der Waals surface area contributed by atoms with Crippen LogP contribution in [0.15, 0.2) is 35.4 Å². The van der Waals surface area contributed by atoms with Crippen molar-refractivity contribution in [3.05, 3.63) is 52.7 Å². The van der Waals surface area contributed by atoms with E-state index in [1.54, 1.807) is 0 Å². The van der Waals surface area contributed by atoms with Gasteiger partial charge in [-0.05, 0) is 66.7 Å². The summed E-state index contributed by atoms with van der Waals surface area (Å²) in [7, 11) is 0. The first-order chi connectivity index (χ1) is 14.8. The van der Waals surface area contributed by atoms with E-state index in [1.807, 2.05) is 36.1 Å². The first kappa shape index (κ1) is 21.9. The van der Waals surface area contributed by atoms with Crippen LogP contribution < -0.4 is 4.90 Å². The summed E-state index contributed by atoms with van der Waals surface area (Å²) in [5, 5.41) is 10.3. The molecule has 0 bridgehead atoms. The van der Waals surface area contributed by atoms with Crippen molar-refractivity contribution in [3.8, 4) is 6.07 Å². The van der Waals surface area contributed by atoms with Crippen molar-refractivity contribution >= 4 is 23.4 Å². The van der Waals surface area contributed by atoms with Gasteiger partial charge in [0, 0.05) is 17.9 Å². The molecule has 2 aromatic rings. The summed E-state index contributed by atoms with van der Waals surface area (Å²) < 4.78 is 0. The van der Waals surface area contributed by atoms with Gasteiger partial charge in [0.05, 0.1) is 10.8 Å². The Morgan fingerprint density at radius 2 is 2.06 bits per heavy atom. The monoisotopic (exact) mass is 433 g/mol. The average Bonchev–Trinajstić information content (AvgIpc) is 3.19. The molecule has 2 heterocycles. The van der Waals surface area contributed by atoms with Crippen molar-refractivity contribution in [1.29, 1.82) is 5.26 Å². The number of anilines is 1. The number of aryl methyl sites for hydroxylation is 1. The lowest BCUT2D eigenvalue weighted by Crippen LogP contribution is -2.36. The van der Waals surface area contributed by atoms with E-state index < -0.39 is 0 Å². The van der Waals surface area contributed by atoms with Crippen LogP contribution in [0.1, 0.15) is 62.9 Å². The highest BCUT2D eigenvalue weighted by atomic mass is 32.2. The van der Waals surface area contributed by atoms with E-state index >= 15 is 0 Å². The molecular formula is C26H31N3OS. The molecule has 0 fully saturated rings. The summed E-state index contributed by atoms with van der Waals surface area (Å²) >= 11 is 1.46. The predicted molar refractivity (Wildman–Crippen MR) is 126 cm³/mol. The van der Waals surface area contributed by atoms with Gasteiger partial charge in [0.2, 0.25) is 5.91 Å². The van der Waals surface area contributed by atoms with Gasteiger partial charge in [0.25, 0.3) is 0 Å². The van der Waals surface area contributed by atoms with E-state index in [9.17, 15) is 10.1 Å². The number of carbonyl (C=O) groups is 1. The third kappa shape index (κ3) is 4.36. The molecule has 0 saturated heterocycles.